The van der Waals surface area contributed by atoms with Gasteiger partial charge in [-0.2, -0.15) is 0 Å². The van der Waals surface area contributed by atoms with E-state index in [9.17, 15) is 4.79 Å². The molecule has 2 N–H and O–H groups in total. The highest BCUT2D eigenvalue weighted by Gasteiger charge is 2.38. The Morgan fingerprint density at radius 1 is 1.13 bits per heavy atom. The van der Waals surface area contributed by atoms with E-state index in [1.807, 2.05) is 72.5 Å². The molecule has 160 valence electrons. The van der Waals surface area contributed by atoms with Gasteiger partial charge in [0.1, 0.15) is 0 Å². The summed E-state index contributed by atoms with van der Waals surface area (Å²) in [7, 11) is 0. The number of hydrogen-bond acceptors (Lipinski definition) is 7. The number of morpholine rings is 1. The third-order valence-corrected chi connectivity index (χ3v) is 5.75. The molecular weight excluding hydrogens is 392 g/mol. The van der Waals surface area contributed by atoms with Crippen LogP contribution in [0, 0.1) is 0 Å². The van der Waals surface area contributed by atoms with Gasteiger partial charge in [-0.1, -0.05) is 60.6 Å². The molecule has 0 spiro atoms. The smallest absolute Gasteiger partial charge is 0.226 e. The number of ether oxygens (including phenoxy) is 1. The van der Waals surface area contributed by atoms with Crippen LogP contribution in [0.25, 0.3) is 0 Å². The van der Waals surface area contributed by atoms with E-state index in [-0.39, 0.29) is 11.7 Å². The summed E-state index contributed by atoms with van der Waals surface area (Å²) in [5, 5.41) is 4.25. The first-order valence-corrected chi connectivity index (χ1v) is 10.3. The van der Waals surface area contributed by atoms with Gasteiger partial charge in [-0.25, -0.2) is 0 Å². The number of hydrogen-bond donors (Lipinski definition) is 1. The molecule has 1 saturated heterocycles. The van der Waals surface area contributed by atoms with Crippen LogP contribution in [0.3, 0.4) is 0 Å². The van der Waals surface area contributed by atoms with Crippen LogP contribution in [-0.4, -0.2) is 48.9 Å². The molecule has 0 aliphatic carbocycles. The topological polar surface area (TPSA) is 94.0 Å². The van der Waals surface area contributed by atoms with Crippen LogP contribution in [0.4, 0.5) is 0 Å². The Kier molecular flexibility index (Phi) is 6.08. The Morgan fingerprint density at radius 2 is 1.84 bits per heavy atom. The van der Waals surface area contributed by atoms with Gasteiger partial charge in [-0.05, 0) is 18.3 Å². The standard InChI is InChI=1S/C24H26N4O3/c1-17(19-9-6-10-20(15-19)23(29)18-7-4-3-5-8-18)21-16-22(31-27-21)24(25,26-2)28-11-13-30-14-12-28/h3-10,15-17H,2,11-14,25H2,1H3. The number of nitrogens with zero attached hydrogens (tertiary/aromatic N) is 3. The highest BCUT2D eigenvalue weighted by Crippen LogP contribution is 2.30. The fourth-order valence-corrected chi connectivity index (χ4v) is 3.78. The Labute approximate surface area is 181 Å². The summed E-state index contributed by atoms with van der Waals surface area (Å²) in [5.41, 5.74) is 9.50. The Bertz CT molecular complexity index is 1060. The lowest BCUT2D eigenvalue weighted by Gasteiger charge is -2.37. The zero-order chi connectivity index (χ0) is 21.8. The maximum atomic E-state index is 12.8. The third-order valence-electron chi connectivity index (χ3n) is 5.75. The van der Waals surface area contributed by atoms with Gasteiger partial charge in [0.25, 0.3) is 0 Å². The fourth-order valence-electron chi connectivity index (χ4n) is 3.78. The van der Waals surface area contributed by atoms with Crippen molar-refractivity contribution >= 4 is 12.5 Å². The van der Waals surface area contributed by atoms with Crippen LogP contribution in [0.15, 0.2) is 70.2 Å². The van der Waals surface area contributed by atoms with Crippen molar-refractivity contribution < 1.29 is 14.1 Å². The molecule has 3 aromatic rings. The van der Waals surface area contributed by atoms with Gasteiger partial charge in [-0.3, -0.25) is 20.4 Å². The quantitative estimate of drug-likeness (QED) is 0.468. The zero-order valence-electron chi connectivity index (χ0n) is 17.5. The lowest BCUT2D eigenvalue weighted by Crippen LogP contribution is -2.55. The van der Waals surface area contributed by atoms with E-state index >= 15 is 0 Å². The summed E-state index contributed by atoms with van der Waals surface area (Å²) in [4.78, 5) is 18.9. The van der Waals surface area contributed by atoms with Gasteiger partial charge < -0.3 is 9.26 Å². The van der Waals surface area contributed by atoms with Crippen LogP contribution < -0.4 is 5.73 Å². The Morgan fingerprint density at radius 3 is 2.55 bits per heavy atom. The molecule has 7 heteroatoms. The molecule has 1 aliphatic rings. The molecule has 2 unspecified atom stereocenters. The molecule has 0 bridgehead atoms. The number of aromatic nitrogens is 1. The van der Waals surface area contributed by atoms with Crippen LogP contribution in [0.5, 0.6) is 0 Å². The largest absolute Gasteiger partial charge is 0.379 e. The van der Waals surface area contributed by atoms with Gasteiger partial charge in [0, 0.05) is 36.2 Å². The summed E-state index contributed by atoms with van der Waals surface area (Å²) in [6.07, 6.45) is 0. The lowest BCUT2D eigenvalue weighted by molar-refractivity contribution is -0.0292. The first-order valence-electron chi connectivity index (χ1n) is 10.3. The van der Waals surface area contributed by atoms with Gasteiger partial charge in [0.05, 0.1) is 18.9 Å². The van der Waals surface area contributed by atoms with Crippen molar-refractivity contribution in [2.75, 3.05) is 26.3 Å². The molecule has 2 aromatic carbocycles. The minimum Gasteiger partial charge on any atom is -0.379 e. The first kappa shape index (κ1) is 21.1. The molecule has 7 nitrogen and oxygen atoms in total. The highest BCUT2D eigenvalue weighted by atomic mass is 16.5. The molecule has 1 aromatic heterocycles. The molecule has 1 aliphatic heterocycles. The first-order chi connectivity index (χ1) is 15.0. The van der Waals surface area contributed by atoms with Crippen molar-refractivity contribution in [1.82, 2.24) is 10.1 Å². The molecule has 1 fully saturated rings. The van der Waals surface area contributed by atoms with E-state index in [0.717, 1.165) is 5.56 Å². The van der Waals surface area contributed by atoms with Gasteiger partial charge in [0.2, 0.25) is 5.79 Å². The fraction of sp³-hybridized carbons (Fsp3) is 0.292. The van der Waals surface area contributed by atoms with Gasteiger partial charge >= 0.3 is 0 Å². The van der Waals surface area contributed by atoms with Gasteiger partial charge in [-0.15, -0.1) is 0 Å². The van der Waals surface area contributed by atoms with Crippen molar-refractivity contribution in [2.45, 2.75) is 18.6 Å². The number of carbonyl (C=O) groups excluding carboxylic acids is 1. The molecule has 2 atom stereocenters. The summed E-state index contributed by atoms with van der Waals surface area (Å²) in [6, 6.07) is 18.6. The number of benzene rings is 2. The summed E-state index contributed by atoms with van der Waals surface area (Å²) in [6.45, 7) is 8.10. The number of nitrogens with two attached hydrogens (primary N) is 1. The average molecular weight is 418 g/mol. The Balaban J connectivity index is 1.58. The number of carbonyl (C=O) groups is 1. The lowest BCUT2D eigenvalue weighted by atomic mass is 9.93. The number of rotatable bonds is 7. The van der Waals surface area contributed by atoms with Gasteiger partial charge in [0.15, 0.2) is 11.5 Å². The van der Waals surface area contributed by atoms with Crippen molar-refractivity contribution in [2.24, 2.45) is 10.7 Å². The molecule has 0 saturated carbocycles. The molecular formula is C24H26N4O3. The summed E-state index contributed by atoms with van der Waals surface area (Å²) >= 11 is 0. The van der Waals surface area contributed by atoms with Crippen molar-refractivity contribution in [1.29, 1.82) is 0 Å². The normalized spacial score (nSPS) is 17.6. The SMILES string of the molecule is C=NC(N)(c1cc(C(C)c2cccc(C(=O)c3ccccc3)c2)no1)N1CCOCC1. The maximum absolute atomic E-state index is 12.8. The number of aliphatic imine (C=N–C) groups is 1. The molecule has 4 rings (SSSR count). The second kappa shape index (κ2) is 8.93. The predicted octanol–water partition coefficient (Wildman–Crippen LogP) is 3.16. The van der Waals surface area contributed by atoms with E-state index in [0.29, 0.717) is 48.9 Å². The van der Waals surface area contributed by atoms with E-state index in [1.54, 1.807) is 0 Å². The zero-order valence-corrected chi connectivity index (χ0v) is 17.5. The van der Waals surface area contributed by atoms with Crippen LogP contribution in [0.2, 0.25) is 0 Å². The maximum Gasteiger partial charge on any atom is 0.226 e. The van der Waals surface area contributed by atoms with E-state index in [2.05, 4.69) is 16.9 Å². The summed E-state index contributed by atoms with van der Waals surface area (Å²) < 4.78 is 11.0. The molecule has 31 heavy (non-hydrogen) atoms. The van der Waals surface area contributed by atoms with Crippen molar-refractivity contribution in [3.05, 3.63) is 88.8 Å². The Hall–Kier alpha value is -3.13. The van der Waals surface area contributed by atoms with E-state index in [4.69, 9.17) is 15.0 Å². The van der Waals surface area contributed by atoms with Crippen LogP contribution in [0.1, 0.15) is 45.8 Å². The number of ketones is 1. The summed E-state index contributed by atoms with van der Waals surface area (Å²) in [5.74, 6) is -0.873. The third kappa shape index (κ3) is 4.20. The van der Waals surface area contributed by atoms with E-state index < -0.39 is 5.79 Å². The molecule has 0 amide bonds. The molecule has 0 radical (unpaired) electrons. The van der Waals surface area contributed by atoms with E-state index in [1.165, 1.54) is 0 Å². The second-order valence-electron chi connectivity index (χ2n) is 7.64. The predicted molar refractivity (Wildman–Crippen MR) is 118 cm³/mol. The second-order valence-corrected chi connectivity index (χ2v) is 7.64. The molecule has 2 heterocycles. The highest BCUT2D eigenvalue weighted by molar-refractivity contribution is 6.09. The van der Waals surface area contributed by atoms with Crippen LogP contribution >= 0.6 is 0 Å². The minimum absolute atomic E-state index is 0.0142. The van der Waals surface area contributed by atoms with Crippen LogP contribution in [-0.2, 0) is 10.5 Å². The average Bonchev–Trinajstić information content (AvgIpc) is 3.35. The van der Waals surface area contributed by atoms with Crippen molar-refractivity contribution in [3.8, 4) is 0 Å². The van der Waals surface area contributed by atoms with Crippen molar-refractivity contribution in [3.63, 3.8) is 0 Å². The monoisotopic (exact) mass is 418 g/mol. The minimum atomic E-state index is -1.19.